The van der Waals surface area contributed by atoms with Crippen molar-refractivity contribution in [1.29, 1.82) is 0 Å². The topological polar surface area (TPSA) is 9.23 Å². The molecule has 0 rings (SSSR count). The van der Waals surface area contributed by atoms with Gasteiger partial charge in [-0.3, -0.25) is 0 Å². The standard InChI is InChI=1S/C24H40O/c1-20(2)12-8-13-21(3)14-9-15-22(4)16-10-17-23(5)18-11-19-24(6)25-7/h12,14,16,18-19H,8-11,13,15,17H2,1-7H3/b21-14+,22-16+,23-18+,24-19+. The Hall–Kier alpha value is -1.50. The average molecular weight is 345 g/mol. The van der Waals surface area contributed by atoms with Crippen LogP contribution < -0.4 is 0 Å². The summed E-state index contributed by atoms with van der Waals surface area (Å²) in [4.78, 5) is 0. The van der Waals surface area contributed by atoms with Crippen molar-refractivity contribution in [1.82, 2.24) is 0 Å². The second-order valence-corrected chi connectivity index (χ2v) is 7.30. The minimum absolute atomic E-state index is 0.963. The van der Waals surface area contributed by atoms with Crippen molar-refractivity contribution in [2.45, 2.75) is 86.5 Å². The van der Waals surface area contributed by atoms with Gasteiger partial charge in [-0.25, -0.2) is 0 Å². The van der Waals surface area contributed by atoms with Crippen LogP contribution in [0, 0.1) is 0 Å². The molecule has 0 amide bonds. The minimum Gasteiger partial charge on any atom is -0.502 e. The Balaban J connectivity index is 4.05. The summed E-state index contributed by atoms with van der Waals surface area (Å²) in [6.45, 7) is 13.1. The molecule has 142 valence electrons. The van der Waals surface area contributed by atoms with Crippen molar-refractivity contribution >= 4 is 0 Å². The van der Waals surface area contributed by atoms with E-state index < -0.39 is 0 Å². The number of ether oxygens (including phenoxy) is 1. The van der Waals surface area contributed by atoms with Crippen LogP contribution in [0.4, 0.5) is 0 Å². The van der Waals surface area contributed by atoms with Crippen LogP contribution in [0.1, 0.15) is 86.5 Å². The van der Waals surface area contributed by atoms with Gasteiger partial charge in [-0.2, -0.15) is 0 Å². The van der Waals surface area contributed by atoms with E-state index in [1.165, 1.54) is 48.0 Å². The molecule has 0 atom stereocenters. The number of rotatable bonds is 12. The normalized spacial score (nSPS) is 13.9. The van der Waals surface area contributed by atoms with Crippen LogP contribution >= 0.6 is 0 Å². The van der Waals surface area contributed by atoms with Gasteiger partial charge < -0.3 is 4.74 Å². The Morgan fingerprint density at radius 1 is 0.600 bits per heavy atom. The fourth-order valence-corrected chi connectivity index (χ4v) is 2.50. The Bertz CT molecular complexity index is 508. The summed E-state index contributed by atoms with van der Waals surface area (Å²) >= 11 is 0. The van der Waals surface area contributed by atoms with E-state index in [9.17, 15) is 0 Å². The van der Waals surface area contributed by atoms with E-state index in [2.05, 4.69) is 65.0 Å². The Kier molecular flexibility index (Phi) is 13.9. The molecule has 0 bridgehead atoms. The molecule has 0 fully saturated rings. The zero-order valence-electron chi connectivity index (χ0n) is 17.7. The molecule has 0 aliphatic heterocycles. The van der Waals surface area contributed by atoms with Gasteiger partial charge in [-0.05, 0) is 92.6 Å². The third-order valence-corrected chi connectivity index (χ3v) is 4.35. The van der Waals surface area contributed by atoms with Crippen LogP contribution in [-0.4, -0.2) is 7.11 Å². The fraction of sp³-hybridized carbons (Fsp3) is 0.583. The molecule has 0 radical (unpaired) electrons. The van der Waals surface area contributed by atoms with Gasteiger partial charge in [0.2, 0.25) is 0 Å². The number of hydrogen-bond acceptors (Lipinski definition) is 1. The van der Waals surface area contributed by atoms with Gasteiger partial charge in [0.1, 0.15) is 0 Å². The van der Waals surface area contributed by atoms with Gasteiger partial charge in [0, 0.05) is 0 Å². The van der Waals surface area contributed by atoms with Crippen molar-refractivity contribution in [2.24, 2.45) is 0 Å². The average Bonchev–Trinajstić information content (AvgIpc) is 2.54. The summed E-state index contributed by atoms with van der Waals surface area (Å²) in [5, 5.41) is 0. The molecule has 1 heteroatoms. The highest BCUT2D eigenvalue weighted by molar-refractivity contribution is 5.08. The summed E-state index contributed by atoms with van der Waals surface area (Å²) in [6.07, 6.45) is 19.5. The Morgan fingerprint density at radius 3 is 1.48 bits per heavy atom. The summed E-state index contributed by atoms with van der Waals surface area (Å²) in [5.41, 5.74) is 5.90. The Morgan fingerprint density at radius 2 is 1.04 bits per heavy atom. The molecule has 0 unspecified atom stereocenters. The maximum atomic E-state index is 5.15. The van der Waals surface area contributed by atoms with Gasteiger partial charge in [0.05, 0.1) is 12.9 Å². The van der Waals surface area contributed by atoms with Crippen molar-refractivity contribution in [3.05, 3.63) is 58.4 Å². The predicted octanol–water partition coefficient (Wildman–Crippen LogP) is 8.07. The van der Waals surface area contributed by atoms with Gasteiger partial charge in [0.15, 0.2) is 0 Å². The summed E-state index contributed by atoms with van der Waals surface area (Å²) in [5.74, 6) is 0.990. The first-order valence-electron chi connectivity index (χ1n) is 9.66. The second kappa shape index (κ2) is 14.8. The zero-order valence-corrected chi connectivity index (χ0v) is 17.7. The lowest BCUT2D eigenvalue weighted by Gasteiger charge is -2.02. The fourth-order valence-electron chi connectivity index (χ4n) is 2.50. The van der Waals surface area contributed by atoms with E-state index in [0.29, 0.717) is 0 Å². The number of hydrogen-bond donors (Lipinski definition) is 0. The molecule has 0 spiro atoms. The monoisotopic (exact) mass is 344 g/mol. The smallest absolute Gasteiger partial charge is 0.0887 e. The molecule has 0 aromatic rings. The van der Waals surface area contributed by atoms with Crippen LogP contribution in [0.2, 0.25) is 0 Å². The molecular weight excluding hydrogens is 304 g/mol. The summed E-state index contributed by atoms with van der Waals surface area (Å²) < 4.78 is 5.15. The van der Waals surface area contributed by atoms with E-state index in [1.54, 1.807) is 7.11 Å². The van der Waals surface area contributed by atoms with Crippen molar-refractivity contribution < 1.29 is 4.74 Å². The molecule has 0 aromatic heterocycles. The van der Waals surface area contributed by atoms with Gasteiger partial charge >= 0.3 is 0 Å². The molecule has 0 aliphatic carbocycles. The lowest BCUT2D eigenvalue weighted by molar-refractivity contribution is 0.292. The highest BCUT2D eigenvalue weighted by Crippen LogP contribution is 2.14. The van der Waals surface area contributed by atoms with E-state index in [-0.39, 0.29) is 0 Å². The first-order valence-corrected chi connectivity index (χ1v) is 9.66. The SMILES string of the molecule is CO/C(C)=C/C/C=C(\C)CC/C=C(\C)CC/C=C(\C)CCC=C(C)C. The van der Waals surface area contributed by atoms with E-state index in [4.69, 9.17) is 4.74 Å². The van der Waals surface area contributed by atoms with Crippen LogP contribution in [0.25, 0.3) is 0 Å². The summed E-state index contributed by atoms with van der Waals surface area (Å²) in [7, 11) is 1.72. The maximum Gasteiger partial charge on any atom is 0.0887 e. The Labute approximate surface area is 157 Å². The number of methoxy groups -OCH3 is 1. The highest BCUT2D eigenvalue weighted by Gasteiger charge is 1.93. The van der Waals surface area contributed by atoms with Gasteiger partial charge in [-0.15, -0.1) is 0 Å². The van der Waals surface area contributed by atoms with Crippen LogP contribution in [0.15, 0.2) is 58.4 Å². The first-order chi connectivity index (χ1) is 11.8. The van der Waals surface area contributed by atoms with Crippen molar-refractivity contribution in [3.8, 4) is 0 Å². The lowest BCUT2D eigenvalue weighted by Crippen LogP contribution is -1.82. The van der Waals surface area contributed by atoms with E-state index in [1.807, 2.05) is 6.92 Å². The summed E-state index contributed by atoms with van der Waals surface area (Å²) in [6, 6.07) is 0. The largest absolute Gasteiger partial charge is 0.502 e. The molecule has 0 heterocycles. The molecular formula is C24H40O. The highest BCUT2D eigenvalue weighted by atomic mass is 16.5. The molecule has 0 saturated heterocycles. The van der Waals surface area contributed by atoms with Crippen LogP contribution in [-0.2, 0) is 4.74 Å². The van der Waals surface area contributed by atoms with E-state index >= 15 is 0 Å². The quantitative estimate of drug-likeness (QED) is 0.257. The van der Waals surface area contributed by atoms with Crippen molar-refractivity contribution in [2.75, 3.05) is 7.11 Å². The van der Waals surface area contributed by atoms with E-state index in [0.717, 1.165) is 25.0 Å². The zero-order chi connectivity index (χ0) is 19.1. The second-order valence-electron chi connectivity index (χ2n) is 7.30. The van der Waals surface area contributed by atoms with Gasteiger partial charge in [-0.1, -0.05) is 46.6 Å². The number of allylic oxidation sites excluding steroid dienone is 10. The predicted molar refractivity (Wildman–Crippen MR) is 114 cm³/mol. The third-order valence-electron chi connectivity index (χ3n) is 4.35. The van der Waals surface area contributed by atoms with Crippen LogP contribution in [0.3, 0.4) is 0 Å². The first kappa shape index (κ1) is 23.5. The molecule has 25 heavy (non-hydrogen) atoms. The van der Waals surface area contributed by atoms with Crippen molar-refractivity contribution in [3.63, 3.8) is 0 Å². The molecule has 0 N–H and O–H groups in total. The van der Waals surface area contributed by atoms with Crippen LogP contribution in [0.5, 0.6) is 0 Å². The molecule has 0 saturated carbocycles. The molecule has 0 aliphatic rings. The molecule has 0 aromatic carbocycles. The maximum absolute atomic E-state index is 5.15. The third kappa shape index (κ3) is 15.8. The van der Waals surface area contributed by atoms with Gasteiger partial charge in [0.25, 0.3) is 0 Å². The molecule has 1 nitrogen and oxygen atoms in total. The minimum atomic E-state index is 0.963. The lowest BCUT2D eigenvalue weighted by atomic mass is 10.0.